The second kappa shape index (κ2) is 9.18. The molecule has 0 aliphatic carbocycles. The molecule has 0 heterocycles. The molecule has 0 aliphatic rings. The largest absolute Gasteiger partial charge is 0.354 e. The van der Waals surface area contributed by atoms with Crippen molar-refractivity contribution in [3.8, 4) is 0 Å². The van der Waals surface area contributed by atoms with E-state index >= 15 is 0 Å². The molecule has 23 heavy (non-hydrogen) atoms. The molecule has 0 radical (unpaired) electrons. The summed E-state index contributed by atoms with van der Waals surface area (Å²) in [5.74, 6) is 0.536. The van der Waals surface area contributed by atoms with E-state index in [2.05, 4.69) is 24.5 Å². The van der Waals surface area contributed by atoms with E-state index in [-0.39, 0.29) is 18.4 Å². The summed E-state index contributed by atoms with van der Waals surface area (Å²) in [4.78, 5) is 23.5. The number of hydrogen-bond donors (Lipinski definition) is 3. The maximum Gasteiger partial charge on any atom is 0.312 e. The van der Waals surface area contributed by atoms with E-state index in [1.807, 2.05) is 38.1 Å². The highest BCUT2D eigenvalue weighted by Crippen LogP contribution is 2.20. The molecule has 1 rings (SSSR count). The molecule has 1 aromatic carbocycles. The maximum absolute atomic E-state index is 12.3. The van der Waals surface area contributed by atoms with Gasteiger partial charge in [0, 0.05) is 6.04 Å². The SMILES string of the molecule is Cc1ccccc1[C@@H](CC(=O)N[C@H](C)CCC(C)C)NC(N)=O. The maximum atomic E-state index is 12.3. The van der Waals surface area contributed by atoms with Crippen LogP contribution >= 0.6 is 0 Å². The van der Waals surface area contributed by atoms with Crippen molar-refractivity contribution in [1.82, 2.24) is 10.6 Å². The number of urea groups is 1. The molecule has 3 amide bonds. The third-order valence-corrected chi connectivity index (χ3v) is 3.85. The molecule has 0 bridgehead atoms. The summed E-state index contributed by atoms with van der Waals surface area (Å²) in [5.41, 5.74) is 7.19. The Labute approximate surface area is 139 Å². The first-order chi connectivity index (χ1) is 10.8. The van der Waals surface area contributed by atoms with Gasteiger partial charge in [0.05, 0.1) is 12.5 Å². The number of aryl methyl sites for hydroxylation is 1. The molecule has 5 nitrogen and oxygen atoms in total. The smallest absolute Gasteiger partial charge is 0.312 e. The van der Waals surface area contributed by atoms with Gasteiger partial charge in [-0.3, -0.25) is 4.79 Å². The van der Waals surface area contributed by atoms with Crippen molar-refractivity contribution in [2.75, 3.05) is 0 Å². The number of benzene rings is 1. The average Bonchev–Trinajstić information content (AvgIpc) is 2.44. The monoisotopic (exact) mass is 319 g/mol. The van der Waals surface area contributed by atoms with Crippen molar-refractivity contribution in [3.63, 3.8) is 0 Å². The van der Waals surface area contributed by atoms with Crippen molar-refractivity contribution < 1.29 is 9.59 Å². The first kappa shape index (κ1) is 19.0. The lowest BCUT2D eigenvalue weighted by atomic mass is 9.98. The lowest BCUT2D eigenvalue weighted by molar-refractivity contribution is -0.122. The highest BCUT2D eigenvalue weighted by atomic mass is 16.2. The molecule has 1 aromatic rings. The van der Waals surface area contributed by atoms with Crippen LogP contribution in [0.2, 0.25) is 0 Å². The van der Waals surface area contributed by atoms with E-state index in [0.717, 1.165) is 24.0 Å². The van der Waals surface area contributed by atoms with Gasteiger partial charge in [-0.2, -0.15) is 0 Å². The average molecular weight is 319 g/mol. The minimum atomic E-state index is -0.626. The number of carbonyl (C=O) groups excluding carboxylic acids is 2. The van der Waals surface area contributed by atoms with Crippen LogP contribution < -0.4 is 16.4 Å². The molecule has 0 saturated carbocycles. The Hall–Kier alpha value is -2.04. The third kappa shape index (κ3) is 7.17. The molecule has 2 atom stereocenters. The number of nitrogens with one attached hydrogen (secondary N) is 2. The van der Waals surface area contributed by atoms with E-state index in [0.29, 0.717) is 5.92 Å². The minimum absolute atomic E-state index is 0.0803. The van der Waals surface area contributed by atoms with Crippen molar-refractivity contribution >= 4 is 11.9 Å². The van der Waals surface area contributed by atoms with Gasteiger partial charge in [-0.05, 0) is 43.7 Å². The van der Waals surface area contributed by atoms with Crippen molar-refractivity contribution in [2.45, 2.75) is 59.0 Å². The topological polar surface area (TPSA) is 84.2 Å². The Kier molecular flexibility index (Phi) is 7.59. The van der Waals surface area contributed by atoms with Crippen molar-refractivity contribution in [2.24, 2.45) is 11.7 Å². The van der Waals surface area contributed by atoms with Gasteiger partial charge >= 0.3 is 6.03 Å². The van der Waals surface area contributed by atoms with E-state index in [1.165, 1.54) is 0 Å². The van der Waals surface area contributed by atoms with E-state index in [1.54, 1.807) is 0 Å². The predicted octanol–water partition coefficient (Wildman–Crippen LogP) is 3.04. The van der Waals surface area contributed by atoms with E-state index in [9.17, 15) is 9.59 Å². The van der Waals surface area contributed by atoms with Crippen LogP contribution in [0.15, 0.2) is 24.3 Å². The molecule has 5 heteroatoms. The van der Waals surface area contributed by atoms with Gasteiger partial charge in [-0.15, -0.1) is 0 Å². The summed E-state index contributed by atoms with van der Waals surface area (Å²) in [6.07, 6.45) is 2.20. The zero-order chi connectivity index (χ0) is 17.4. The Bertz CT molecular complexity index is 529. The number of amides is 3. The molecule has 0 spiro atoms. The summed E-state index contributed by atoms with van der Waals surface area (Å²) >= 11 is 0. The molecule has 0 aliphatic heterocycles. The highest BCUT2D eigenvalue weighted by molar-refractivity contribution is 5.79. The van der Waals surface area contributed by atoms with E-state index < -0.39 is 12.1 Å². The first-order valence-corrected chi connectivity index (χ1v) is 8.20. The second-order valence-corrected chi connectivity index (χ2v) is 6.56. The standard InChI is InChI=1S/C18H29N3O2/c1-12(2)9-10-14(4)20-17(22)11-16(21-18(19)23)15-8-6-5-7-13(15)3/h5-8,12,14,16H,9-11H2,1-4H3,(H,20,22)(H3,19,21,23)/t14-,16-/m1/s1. The third-order valence-electron chi connectivity index (χ3n) is 3.85. The lowest BCUT2D eigenvalue weighted by Crippen LogP contribution is -2.39. The van der Waals surface area contributed by atoms with Crippen molar-refractivity contribution in [3.05, 3.63) is 35.4 Å². The number of nitrogens with two attached hydrogens (primary N) is 1. The van der Waals surface area contributed by atoms with Crippen LogP contribution in [0, 0.1) is 12.8 Å². The van der Waals surface area contributed by atoms with Crippen LogP contribution in [0.4, 0.5) is 4.79 Å². The predicted molar refractivity (Wildman–Crippen MR) is 92.9 cm³/mol. The zero-order valence-corrected chi connectivity index (χ0v) is 14.6. The summed E-state index contributed by atoms with van der Waals surface area (Å²) in [5, 5.41) is 5.67. The second-order valence-electron chi connectivity index (χ2n) is 6.56. The molecular formula is C18H29N3O2. The van der Waals surface area contributed by atoms with Gasteiger partial charge in [-0.25, -0.2) is 4.79 Å². The fourth-order valence-electron chi connectivity index (χ4n) is 2.56. The van der Waals surface area contributed by atoms with Gasteiger partial charge in [-0.1, -0.05) is 38.1 Å². The van der Waals surface area contributed by atoms with Crippen LogP contribution in [0.5, 0.6) is 0 Å². The zero-order valence-electron chi connectivity index (χ0n) is 14.6. The number of rotatable bonds is 8. The summed E-state index contributed by atoms with van der Waals surface area (Å²) < 4.78 is 0. The van der Waals surface area contributed by atoms with Crippen LogP contribution in [-0.4, -0.2) is 18.0 Å². The minimum Gasteiger partial charge on any atom is -0.354 e. The van der Waals surface area contributed by atoms with Gasteiger partial charge in [0.2, 0.25) is 5.91 Å². The molecule has 128 valence electrons. The molecule has 0 aromatic heterocycles. The quantitative estimate of drug-likeness (QED) is 0.688. The van der Waals surface area contributed by atoms with Gasteiger partial charge in [0.1, 0.15) is 0 Å². The van der Waals surface area contributed by atoms with Gasteiger partial charge < -0.3 is 16.4 Å². The number of carbonyl (C=O) groups is 2. The van der Waals surface area contributed by atoms with Crippen molar-refractivity contribution in [1.29, 1.82) is 0 Å². The van der Waals surface area contributed by atoms with Crippen LogP contribution in [-0.2, 0) is 4.79 Å². The summed E-state index contributed by atoms with van der Waals surface area (Å²) in [7, 11) is 0. The van der Waals surface area contributed by atoms with E-state index in [4.69, 9.17) is 5.73 Å². The first-order valence-electron chi connectivity index (χ1n) is 8.20. The molecule has 0 fully saturated rings. The van der Waals surface area contributed by atoms with Crippen LogP contribution in [0.3, 0.4) is 0 Å². The lowest BCUT2D eigenvalue weighted by Gasteiger charge is -2.21. The van der Waals surface area contributed by atoms with Crippen LogP contribution in [0.1, 0.15) is 57.2 Å². The molecule has 4 N–H and O–H groups in total. The summed E-state index contributed by atoms with van der Waals surface area (Å²) in [6, 6.07) is 6.76. The number of hydrogen-bond acceptors (Lipinski definition) is 2. The fraction of sp³-hybridized carbons (Fsp3) is 0.556. The summed E-state index contributed by atoms with van der Waals surface area (Å²) in [6.45, 7) is 8.29. The Balaban J connectivity index is 2.69. The molecular weight excluding hydrogens is 290 g/mol. The molecule has 0 saturated heterocycles. The molecule has 0 unspecified atom stereocenters. The Morgan fingerprint density at radius 1 is 1.09 bits per heavy atom. The van der Waals surface area contributed by atoms with Gasteiger partial charge in [0.25, 0.3) is 0 Å². The Morgan fingerprint density at radius 3 is 2.30 bits per heavy atom. The highest BCUT2D eigenvalue weighted by Gasteiger charge is 2.19. The Morgan fingerprint density at radius 2 is 1.74 bits per heavy atom. The fourth-order valence-corrected chi connectivity index (χ4v) is 2.56. The van der Waals surface area contributed by atoms with Gasteiger partial charge in [0.15, 0.2) is 0 Å². The van der Waals surface area contributed by atoms with Crippen LogP contribution in [0.25, 0.3) is 0 Å². The number of primary amides is 1. The normalized spacial score (nSPS) is 13.4.